The lowest BCUT2D eigenvalue weighted by atomic mass is 9.94. The van der Waals surface area contributed by atoms with E-state index in [0.29, 0.717) is 36.0 Å². The Bertz CT molecular complexity index is 1260. The summed E-state index contributed by atoms with van der Waals surface area (Å²) in [6.07, 6.45) is 1.01. The smallest absolute Gasteiger partial charge is 0.264 e. The van der Waals surface area contributed by atoms with Gasteiger partial charge in [-0.25, -0.2) is 16.8 Å². The number of anilines is 1. The summed E-state index contributed by atoms with van der Waals surface area (Å²) in [7, 11) is -7.52. The Labute approximate surface area is 180 Å². The summed E-state index contributed by atoms with van der Waals surface area (Å²) in [4.78, 5) is 0.180. The van der Waals surface area contributed by atoms with Crippen molar-refractivity contribution in [2.45, 2.75) is 30.1 Å². The van der Waals surface area contributed by atoms with Crippen molar-refractivity contribution < 1.29 is 16.8 Å². The minimum absolute atomic E-state index is 0.0294. The molecule has 1 aromatic heterocycles. The van der Waals surface area contributed by atoms with E-state index in [1.54, 1.807) is 12.1 Å². The molecule has 2 atom stereocenters. The molecule has 0 unspecified atom stereocenters. The molecule has 1 saturated heterocycles. The Morgan fingerprint density at radius 2 is 1.63 bits per heavy atom. The maximum absolute atomic E-state index is 13.0. The van der Waals surface area contributed by atoms with Crippen LogP contribution >= 0.6 is 11.7 Å². The van der Waals surface area contributed by atoms with Crippen molar-refractivity contribution >= 4 is 48.5 Å². The predicted molar refractivity (Wildman–Crippen MR) is 116 cm³/mol. The van der Waals surface area contributed by atoms with Crippen molar-refractivity contribution in [2.75, 3.05) is 17.8 Å². The molecule has 0 radical (unpaired) electrons. The number of nitrogens with one attached hydrogen (secondary N) is 1. The normalized spacial score (nSPS) is 21.0. The molecule has 0 amide bonds. The molecule has 4 rings (SSSR count). The van der Waals surface area contributed by atoms with Crippen LogP contribution in [0.3, 0.4) is 0 Å². The average molecular weight is 467 g/mol. The first-order valence-corrected chi connectivity index (χ1v) is 13.2. The van der Waals surface area contributed by atoms with Gasteiger partial charge in [0.15, 0.2) is 0 Å². The number of fused-ring (bicyclic) bond motifs is 1. The Morgan fingerprint density at radius 3 is 2.30 bits per heavy atom. The van der Waals surface area contributed by atoms with Gasteiger partial charge >= 0.3 is 0 Å². The molecule has 1 fully saturated rings. The highest BCUT2D eigenvalue weighted by Gasteiger charge is 2.31. The molecular formula is C19H22N4O4S3. The molecule has 0 saturated carbocycles. The third kappa shape index (κ3) is 4.07. The quantitative estimate of drug-likeness (QED) is 0.619. The molecule has 11 heteroatoms. The van der Waals surface area contributed by atoms with Crippen LogP contribution < -0.4 is 4.72 Å². The molecule has 0 spiro atoms. The van der Waals surface area contributed by atoms with Crippen molar-refractivity contribution in [3.05, 3.63) is 42.5 Å². The van der Waals surface area contributed by atoms with E-state index in [0.717, 1.165) is 18.1 Å². The molecule has 0 aliphatic carbocycles. The van der Waals surface area contributed by atoms with Gasteiger partial charge in [-0.05, 0) is 54.7 Å². The van der Waals surface area contributed by atoms with E-state index in [4.69, 9.17) is 0 Å². The van der Waals surface area contributed by atoms with Crippen molar-refractivity contribution in [1.29, 1.82) is 0 Å². The zero-order chi connectivity index (χ0) is 21.5. The highest BCUT2D eigenvalue weighted by Crippen LogP contribution is 2.28. The Hall–Kier alpha value is -2.08. The van der Waals surface area contributed by atoms with Gasteiger partial charge in [-0.2, -0.15) is 13.1 Å². The average Bonchev–Trinajstić information content (AvgIpc) is 3.16. The van der Waals surface area contributed by atoms with E-state index in [1.807, 2.05) is 0 Å². The van der Waals surface area contributed by atoms with Crippen molar-refractivity contribution in [3.63, 3.8) is 0 Å². The Morgan fingerprint density at radius 1 is 0.967 bits per heavy atom. The zero-order valence-electron chi connectivity index (χ0n) is 16.5. The molecule has 2 aromatic carbocycles. The van der Waals surface area contributed by atoms with Gasteiger partial charge in [-0.3, -0.25) is 4.72 Å². The van der Waals surface area contributed by atoms with Gasteiger partial charge in [0.1, 0.15) is 15.9 Å². The molecule has 0 bridgehead atoms. The molecular weight excluding hydrogens is 444 g/mol. The monoisotopic (exact) mass is 466 g/mol. The zero-order valence-corrected chi connectivity index (χ0v) is 19.0. The van der Waals surface area contributed by atoms with Crippen LogP contribution in [-0.2, 0) is 20.0 Å². The molecule has 1 aliphatic rings. The van der Waals surface area contributed by atoms with Gasteiger partial charge in [0, 0.05) is 18.8 Å². The van der Waals surface area contributed by atoms with Gasteiger partial charge in [-0.15, -0.1) is 0 Å². The number of rotatable bonds is 5. The van der Waals surface area contributed by atoms with Gasteiger partial charge in [0.05, 0.1) is 16.6 Å². The number of hydrogen-bond donors (Lipinski definition) is 1. The van der Waals surface area contributed by atoms with E-state index >= 15 is 0 Å². The van der Waals surface area contributed by atoms with Crippen molar-refractivity contribution in [2.24, 2.45) is 11.8 Å². The van der Waals surface area contributed by atoms with Crippen LogP contribution in [0.1, 0.15) is 20.3 Å². The summed E-state index contributed by atoms with van der Waals surface area (Å²) in [6.45, 7) is 5.09. The summed E-state index contributed by atoms with van der Waals surface area (Å²) in [5.74, 6) is 0.607. The van der Waals surface area contributed by atoms with Crippen LogP contribution in [-0.4, -0.2) is 43.0 Å². The molecule has 1 N–H and O–H groups in total. The maximum Gasteiger partial charge on any atom is 0.264 e. The Kier molecular flexibility index (Phi) is 5.56. The third-order valence-electron chi connectivity index (χ3n) is 5.12. The van der Waals surface area contributed by atoms with Gasteiger partial charge in [-0.1, -0.05) is 19.9 Å². The fourth-order valence-electron chi connectivity index (χ4n) is 3.85. The van der Waals surface area contributed by atoms with Crippen LogP contribution in [0.25, 0.3) is 11.0 Å². The van der Waals surface area contributed by atoms with Crippen LogP contribution in [0.4, 0.5) is 5.69 Å². The number of aromatic nitrogens is 2. The second-order valence-corrected chi connectivity index (χ2v) is 11.9. The van der Waals surface area contributed by atoms with Crippen LogP contribution in [0.5, 0.6) is 0 Å². The lowest BCUT2D eigenvalue weighted by molar-refractivity contribution is 0.222. The number of piperidine rings is 1. The summed E-state index contributed by atoms with van der Waals surface area (Å²) >= 11 is 0.944. The third-order valence-corrected chi connectivity index (χ3v) is 8.92. The lowest BCUT2D eigenvalue weighted by Crippen LogP contribution is -2.42. The van der Waals surface area contributed by atoms with E-state index in [2.05, 4.69) is 27.3 Å². The minimum atomic E-state index is -3.90. The first-order chi connectivity index (χ1) is 14.2. The van der Waals surface area contributed by atoms with E-state index in [-0.39, 0.29) is 15.5 Å². The van der Waals surface area contributed by atoms with Crippen LogP contribution in [0.15, 0.2) is 52.3 Å². The van der Waals surface area contributed by atoms with Crippen LogP contribution in [0, 0.1) is 11.8 Å². The lowest BCUT2D eigenvalue weighted by Gasteiger charge is -2.34. The van der Waals surface area contributed by atoms with Gasteiger partial charge < -0.3 is 0 Å². The van der Waals surface area contributed by atoms with Crippen LogP contribution in [0.2, 0.25) is 0 Å². The Balaban J connectivity index is 1.57. The standard InChI is InChI=1S/C19H22N4O4S3/c1-13-10-14(2)12-23(11-13)30(26,27)16-8-6-15(7-9-16)22-29(24,25)18-5-3-4-17-19(18)21-28-20-17/h3-9,13-14,22H,10-12H2,1-2H3/t13-,14+. The molecule has 8 nitrogen and oxygen atoms in total. The maximum atomic E-state index is 13.0. The SMILES string of the molecule is C[C@@H]1C[C@H](C)CN(S(=O)(=O)c2ccc(NS(=O)(=O)c3cccc4nsnc34)cc2)C1. The first-order valence-electron chi connectivity index (χ1n) is 9.51. The first kappa shape index (κ1) is 21.2. The molecule has 160 valence electrons. The second-order valence-electron chi connectivity index (χ2n) is 7.79. The second kappa shape index (κ2) is 7.88. The van der Waals surface area contributed by atoms with E-state index in [1.165, 1.54) is 34.6 Å². The predicted octanol–water partition coefficient (Wildman–Crippen LogP) is 3.16. The molecule has 1 aliphatic heterocycles. The number of nitrogens with zero attached hydrogens (tertiary/aromatic N) is 3. The van der Waals surface area contributed by atoms with Crippen molar-refractivity contribution in [1.82, 2.24) is 13.1 Å². The molecule has 30 heavy (non-hydrogen) atoms. The molecule has 2 heterocycles. The fraction of sp³-hybridized carbons (Fsp3) is 0.368. The number of sulfonamides is 2. The summed E-state index contributed by atoms with van der Waals surface area (Å²) < 4.78 is 63.7. The van der Waals surface area contributed by atoms with E-state index in [9.17, 15) is 16.8 Å². The minimum Gasteiger partial charge on any atom is -0.280 e. The highest BCUT2D eigenvalue weighted by molar-refractivity contribution is 7.93. The van der Waals surface area contributed by atoms with Gasteiger partial charge in [0.25, 0.3) is 10.0 Å². The number of hydrogen-bond acceptors (Lipinski definition) is 7. The largest absolute Gasteiger partial charge is 0.280 e. The summed E-state index contributed by atoms with van der Waals surface area (Å²) in [5, 5.41) is 0. The fourth-order valence-corrected chi connectivity index (χ4v) is 7.36. The topological polar surface area (TPSA) is 109 Å². The summed E-state index contributed by atoms with van der Waals surface area (Å²) in [5.41, 5.74) is 1.09. The summed E-state index contributed by atoms with van der Waals surface area (Å²) in [6, 6.07) is 10.5. The van der Waals surface area contributed by atoms with E-state index < -0.39 is 20.0 Å². The highest BCUT2D eigenvalue weighted by atomic mass is 32.2. The number of benzene rings is 2. The molecule has 3 aromatic rings. The van der Waals surface area contributed by atoms with Gasteiger partial charge in [0.2, 0.25) is 10.0 Å². The van der Waals surface area contributed by atoms with Crippen molar-refractivity contribution in [3.8, 4) is 0 Å².